The van der Waals surface area contributed by atoms with Gasteiger partial charge in [-0.1, -0.05) is 164 Å². The van der Waals surface area contributed by atoms with Crippen LogP contribution in [0.2, 0.25) is 0 Å². The molecule has 1 aromatic heterocycles. The lowest BCUT2D eigenvalue weighted by atomic mass is 10.0. The number of Topliss-reactive ketones (excluding diaryl/α,β-unsaturated/α-hetero) is 1. The number of benzene rings is 4. The Labute approximate surface area is 407 Å². The first-order chi connectivity index (χ1) is 32.0. The number of aromatic nitrogens is 1. The Morgan fingerprint density at radius 3 is 1.50 bits per heavy atom. The van der Waals surface area contributed by atoms with E-state index in [4.69, 9.17) is 15.2 Å². The van der Waals surface area contributed by atoms with E-state index in [1.165, 1.54) is 29.0 Å². The van der Waals surface area contributed by atoms with Gasteiger partial charge in [-0.3, -0.25) is 9.59 Å². The molecule has 0 aliphatic carbocycles. The summed E-state index contributed by atoms with van der Waals surface area (Å²) in [6.45, 7) is 33.0. The molecule has 11 nitrogen and oxygen atoms in total. The van der Waals surface area contributed by atoms with E-state index in [9.17, 15) is 19.2 Å². The number of hydrogen-bond acceptors (Lipinski definition) is 7. The Morgan fingerprint density at radius 2 is 1.10 bits per heavy atom. The number of nitrogens with two attached hydrogens (primary N) is 1. The van der Waals surface area contributed by atoms with Crippen molar-refractivity contribution in [2.45, 2.75) is 151 Å². The van der Waals surface area contributed by atoms with E-state index in [1.54, 1.807) is 47.6 Å². The van der Waals surface area contributed by atoms with Crippen LogP contribution >= 0.6 is 0 Å². The number of carbonyl (C=O) groups excluding carboxylic acids is 4. The molecule has 5 rings (SSSR count). The van der Waals surface area contributed by atoms with E-state index in [2.05, 4.69) is 117 Å². The number of para-hydroxylation sites is 1. The third kappa shape index (κ3) is 24.9. The monoisotopic (exact) mass is 932 g/mol. The van der Waals surface area contributed by atoms with E-state index in [0.29, 0.717) is 37.8 Å². The molecule has 0 fully saturated rings. The number of aromatic amines is 1. The van der Waals surface area contributed by atoms with E-state index in [-0.39, 0.29) is 11.7 Å². The fourth-order valence-electron chi connectivity index (χ4n) is 6.03. The van der Waals surface area contributed by atoms with Crippen molar-refractivity contribution in [2.24, 2.45) is 5.73 Å². The molecule has 370 valence electrons. The summed E-state index contributed by atoms with van der Waals surface area (Å²) in [5, 5.41) is 9.28. The van der Waals surface area contributed by atoms with Gasteiger partial charge in [-0.05, 0) is 113 Å². The Bertz CT molecular complexity index is 2250. The van der Waals surface area contributed by atoms with Crippen molar-refractivity contribution in [1.29, 1.82) is 0 Å². The van der Waals surface area contributed by atoms with Crippen LogP contribution in [0.15, 0.2) is 122 Å². The van der Waals surface area contributed by atoms with Gasteiger partial charge in [0, 0.05) is 30.2 Å². The van der Waals surface area contributed by atoms with Crippen LogP contribution in [0.4, 0.5) is 9.59 Å². The van der Waals surface area contributed by atoms with Crippen molar-refractivity contribution in [2.75, 3.05) is 0 Å². The van der Waals surface area contributed by atoms with Gasteiger partial charge in [-0.2, -0.15) is 0 Å². The highest BCUT2D eigenvalue weighted by Gasteiger charge is 2.23. The second-order valence-electron chi connectivity index (χ2n) is 18.6. The van der Waals surface area contributed by atoms with Gasteiger partial charge in [-0.15, -0.1) is 0 Å². The Hall–Kier alpha value is -6.46. The van der Waals surface area contributed by atoms with Crippen LogP contribution in [0.1, 0.15) is 148 Å². The van der Waals surface area contributed by atoms with E-state index in [1.807, 2.05) is 74.5 Å². The number of rotatable bonds is 13. The summed E-state index contributed by atoms with van der Waals surface area (Å²) in [7, 11) is 0. The van der Waals surface area contributed by atoms with Crippen molar-refractivity contribution >= 4 is 46.9 Å². The molecule has 11 heteroatoms. The highest BCUT2D eigenvalue weighted by Crippen LogP contribution is 2.24. The summed E-state index contributed by atoms with van der Waals surface area (Å²) in [6.07, 6.45) is 5.62. The standard InChI is InChI=1S/C18H26N2O3.C11H13N.C10H19NO3.C9H11N.C9H12/c1-6-13-8-10-14(11-9-13)12-19-16(21)15(7-2)20-17(22)23-18(3,4)5;1-8(2)10-7-12-11-6-4-3-5-9(10)11;1-6-8(7(2)12)11-9(13)14-10(3,4)5;1-2-8-3-5-9(7-10)6-4-8;1-8(2)9-6-4-3-5-7-9/h6,8-11,15H,1,7,12H2,2-5H3,(H,19,21)(H,20,22);3-8,12H,1-2H3;8H,6H2,1-5H3,(H,11,13);2-6H,1,7,10H2;3-8H,1-2H3/t15-;;8-;;/m0.0../s1. The van der Waals surface area contributed by atoms with Gasteiger partial charge in [0.25, 0.3) is 0 Å². The van der Waals surface area contributed by atoms with E-state index in [0.717, 1.165) is 22.3 Å². The molecule has 6 N–H and O–H groups in total. The first-order valence-corrected chi connectivity index (χ1v) is 23.5. The zero-order valence-corrected chi connectivity index (χ0v) is 43.1. The summed E-state index contributed by atoms with van der Waals surface area (Å²) in [4.78, 5) is 49.5. The van der Waals surface area contributed by atoms with Gasteiger partial charge < -0.3 is 36.1 Å². The smallest absolute Gasteiger partial charge is 0.408 e. The number of hydrogen-bond donors (Lipinski definition) is 5. The lowest BCUT2D eigenvalue weighted by molar-refractivity contribution is -0.123. The molecule has 5 aromatic rings. The van der Waals surface area contributed by atoms with Gasteiger partial charge in [0.15, 0.2) is 5.78 Å². The molecule has 0 bridgehead atoms. The maximum absolute atomic E-state index is 12.2. The van der Waals surface area contributed by atoms with E-state index < -0.39 is 35.5 Å². The molecule has 0 spiro atoms. The summed E-state index contributed by atoms with van der Waals surface area (Å²) in [5.74, 6) is 0.969. The predicted octanol–water partition coefficient (Wildman–Crippen LogP) is 13.0. The fraction of sp³-hybridized carbons (Fsp3) is 0.404. The molecule has 2 atom stereocenters. The first-order valence-electron chi connectivity index (χ1n) is 23.5. The molecule has 0 saturated carbocycles. The molecule has 0 radical (unpaired) electrons. The summed E-state index contributed by atoms with van der Waals surface area (Å²) in [5.41, 5.74) is 12.7. The summed E-state index contributed by atoms with van der Waals surface area (Å²) < 4.78 is 10.2. The molecule has 68 heavy (non-hydrogen) atoms. The number of fused-ring (bicyclic) bond motifs is 1. The van der Waals surface area contributed by atoms with Crippen LogP contribution < -0.4 is 21.7 Å². The maximum atomic E-state index is 12.2. The number of nitrogens with one attached hydrogen (secondary N) is 4. The minimum atomic E-state index is -0.614. The first kappa shape index (κ1) is 59.6. The fourth-order valence-corrected chi connectivity index (χ4v) is 6.03. The SMILES string of the molecule is C=Cc1ccc(CN)cc1.C=Cc1ccc(CNC(=O)[C@H](CC)NC(=O)OC(C)(C)C)cc1.CC(C)c1c[nH]c2ccccc12.CC(C)c1ccccc1.CC[C@H](NC(=O)OC(C)(C)C)C(C)=O. The third-order valence-corrected chi connectivity index (χ3v) is 9.85. The minimum absolute atomic E-state index is 0.0571. The van der Waals surface area contributed by atoms with Crippen molar-refractivity contribution in [3.05, 3.63) is 156 Å². The van der Waals surface area contributed by atoms with Crippen molar-refractivity contribution in [3.63, 3.8) is 0 Å². The van der Waals surface area contributed by atoms with Gasteiger partial charge >= 0.3 is 12.2 Å². The van der Waals surface area contributed by atoms with Crippen LogP contribution in [0.25, 0.3) is 23.1 Å². The van der Waals surface area contributed by atoms with Crippen LogP contribution in [-0.4, -0.2) is 52.1 Å². The van der Waals surface area contributed by atoms with Crippen molar-refractivity contribution < 1.29 is 28.7 Å². The molecule has 3 amide bonds. The summed E-state index contributed by atoms with van der Waals surface area (Å²) in [6, 6.07) is 33.7. The zero-order chi connectivity index (χ0) is 51.5. The van der Waals surface area contributed by atoms with Crippen molar-refractivity contribution in [3.8, 4) is 0 Å². The van der Waals surface area contributed by atoms with Gasteiger partial charge in [-0.25, -0.2) is 9.59 Å². The molecule has 4 aromatic carbocycles. The lowest BCUT2D eigenvalue weighted by Crippen LogP contribution is -2.47. The average molecular weight is 932 g/mol. The average Bonchev–Trinajstić information content (AvgIpc) is 3.74. The van der Waals surface area contributed by atoms with Gasteiger partial charge in [0.1, 0.15) is 17.2 Å². The van der Waals surface area contributed by atoms with Crippen LogP contribution in [0, 0.1) is 0 Å². The van der Waals surface area contributed by atoms with Crippen LogP contribution in [0.5, 0.6) is 0 Å². The van der Waals surface area contributed by atoms with Crippen LogP contribution in [-0.2, 0) is 32.2 Å². The molecule has 1 heterocycles. The Balaban J connectivity index is 0.000000445. The van der Waals surface area contributed by atoms with Gasteiger partial charge in [0.05, 0.1) is 6.04 Å². The van der Waals surface area contributed by atoms with Crippen LogP contribution in [0.3, 0.4) is 0 Å². The Morgan fingerprint density at radius 1 is 0.647 bits per heavy atom. The van der Waals surface area contributed by atoms with Crippen molar-refractivity contribution in [1.82, 2.24) is 20.9 Å². The number of carbonyl (C=O) groups is 4. The second kappa shape index (κ2) is 30.8. The number of alkyl carbamates (subject to hydrolysis) is 2. The highest BCUT2D eigenvalue weighted by atomic mass is 16.6. The highest BCUT2D eigenvalue weighted by molar-refractivity contribution is 5.86. The summed E-state index contributed by atoms with van der Waals surface area (Å²) >= 11 is 0. The Kier molecular flexibility index (Phi) is 26.9. The second-order valence-corrected chi connectivity index (χ2v) is 18.6. The number of ether oxygens (including phenoxy) is 2. The predicted molar refractivity (Wildman–Crippen MR) is 283 cm³/mol. The molecule has 0 aliphatic rings. The number of amides is 3. The third-order valence-electron chi connectivity index (χ3n) is 9.85. The largest absolute Gasteiger partial charge is 0.444 e. The number of ketones is 1. The molecule has 0 unspecified atom stereocenters. The minimum Gasteiger partial charge on any atom is -0.444 e. The topological polar surface area (TPSA) is 165 Å². The quantitative estimate of drug-likeness (QED) is 0.0784. The normalized spacial score (nSPS) is 11.5. The molecular formula is C57H81N5O6. The lowest BCUT2D eigenvalue weighted by Gasteiger charge is -2.22. The molecule has 0 aliphatic heterocycles. The molecule has 0 saturated heterocycles. The maximum Gasteiger partial charge on any atom is 0.408 e. The zero-order valence-electron chi connectivity index (χ0n) is 43.1. The van der Waals surface area contributed by atoms with E-state index >= 15 is 0 Å². The van der Waals surface area contributed by atoms with Gasteiger partial charge in [0.2, 0.25) is 5.91 Å². The number of H-pyrrole nitrogens is 1. The molecular weight excluding hydrogens is 851 g/mol.